The molecule has 3 heteroatoms. The molecule has 1 atom stereocenters. The van der Waals surface area contributed by atoms with Crippen LogP contribution in [-0.2, 0) is 19.4 Å². The number of aromatic nitrogens is 2. The van der Waals surface area contributed by atoms with Crippen molar-refractivity contribution in [1.29, 1.82) is 0 Å². The molecule has 1 N–H and O–H groups in total. The van der Waals surface area contributed by atoms with Gasteiger partial charge in [-0.3, -0.25) is 4.68 Å². The average Bonchev–Trinajstić information content (AvgIpc) is 2.83. The number of hydrogen-bond donors (Lipinski definition) is 1. The van der Waals surface area contributed by atoms with Crippen molar-refractivity contribution in [3.63, 3.8) is 0 Å². The van der Waals surface area contributed by atoms with Gasteiger partial charge in [-0.25, -0.2) is 0 Å². The Labute approximate surface area is 121 Å². The summed E-state index contributed by atoms with van der Waals surface area (Å²) in [5.41, 5.74) is 5.58. The van der Waals surface area contributed by atoms with Crippen LogP contribution in [0.3, 0.4) is 0 Å². The van der Waals surface area contributed by atoms with Crippen LogP contribution in [0.5, 0.6) is 0 Å². The molecule has 1 unspecified atom stereocenters. The normalized spacial score (nSPS) is 12.7. The Morgan fingerprint density at radius 1 is 1.15 bits per heavy atom. The Morgan fingerprint density at radius 3 is 2.55 bits per heavy atom. The first-order valence-electron chi connectivity index (χ1n) is 7.36. The molecule has 3 nitrogen and oxygen atoms in total. The van der Waals surface area contributed by atoms with Crippen molar-refractivity contribution >= 4 is 0 Å². The molecular weight excluding hydrogens is 248 g/mol. The largest absolute Gasteiger partial charge is 0.386 e. The molecule has 1 aromatic carbocycles. The van der Waals surface area contributed by atoms with Crippen LogP contribution >= 0.6 is 0 Å². The van der Waals surface area contributed by atoms with Crippen molar-refractivity contribution in [3.8, 4) is 0 Å². The molecule has 0 amide bonds. The van der Waals surface area contributed by atoms with Gasteiger partial charge in [0.05, 0.1) is 18.3 Å². The Hall–Kier alpha value is -1.61. The average molecular weight is 272 g/mol. The summed E-state index contributed by atoms with van der Waals surface area (Å²) < 4.78 is 1.95. The number of aryl methyl sites for hydroxylation is 4. The second-order valence-corrected chi connectivity index (χ2v) is 5.39. The maximum Gasteiger partial charge on any atom is 0.0988 e. The summed E-state index contributed by atoms with van der Waals surface area (Å²) in [7, 11) is 0. The summed E-state index contributed by atoms with van der Waals surface area (Å²) in [5.74, 6) is 0. The van der Waals surface area contributed by atoms with Crippen LogP contribution < -0.4 is 0 Å². The molecule has 0 spiro atoms. The van der Waals surface area contributed by atoms with Crippen LogP contribution in [0.4, 0.5) is 0 Å². The number of benzene rings is 1. The van der Waals surface area contributed by atoms with Gasteiger partial charge >= 0.3 is 0 Å². The lowest BCUT2D eigenvalue weighted by atomic mass is 10.0. The molecule has 0 aliphatic carbocycles. The third-order valence-electron chi connectivity index (χ3n) is 3.78. The van der Waals surface area contributed by atoms with Crippen LogP contribution in [0, 0.1) is 13.8 Å². The first kappa shape index (κ1) is 14.8. The van der Waals surface area contributed by atoms with Gasteiger partial charge in [-0.2, -0.15) is 5.10 Å². The standard InChI is InChI=1S/C17H24N2O/c1-5-14-10-15(6-2)19(18-14)11-17(20)16-9-12(3)7-8-13(16)4/h7-10,17,20H,5-6,11H2,1-4H3. The van der Waals surface area contributed by atoms with Crippen LogP contribution in [0.25, 0.3) is 0 Å². The van der Waals surface area contributed by atoms with E-state index in [4.69, 9.17) is 0 Å². The van der Waals surface area contributed by atoms with Crippen molar-refractivity contribution in [3.05, 3.63) is 52.3 Å². The van der Waals surface area contributed by atoms with E-state index in [0.29, 0.717) is 6.54 Å². The quantitative estimate of drug-likeness (QED) is 0.906. The molecule has 0 fully saturated rings. The highest BCUT2D eigenvalue weighted by Crippen LogP contribution is 2.21. The van der Waals surface area contributed by atoms with Crippen LogP contribution in [-0.4, -0.2) is 14.9 Å². The molecule has 0 aliphatic rings. The fourth-order valence-corrected chi connectivity index (χ4v) is 2.51. The lowest BCUT2D eigenvalue weighted by molar-refractivity contribution is 0.149. The van der Waals surface area contributed by atoms with E-state index in [1.165, 1.54) is 11.3 Å². The zero-order valence-corrected chi connectivity index (χ0v) is 12.8. The minimum absolute atomic E-state index is 0.509. The van der Waals surface area contributed by atoms with Crippen LogP contribution in [0.2, 0.25) is 0 Å². The molecule has 1 aromatic heterocycles. The molecule has 0 saturated carbocycles. The summed E-state index contributed by atoms with van der Waals surface area (Å²) in [6.45, 7) is 8.84. The Morgan fingerprint density at radius 2 is 1.90 bits per heavy atom. The lowest BCUT2D eigenvalue weighted by Gasteiger charge is -2.16. The second kappa shape index (κ2) is 6.23. The number of hydrogen-bond acceptors (Lipinski definition) is 2. The summed E-state index contributed by atoms with van der Waals surface area (Å²) in [6.07, 6.45) is 1.36. The van der Waals surface area contributed by atoms with Gasteiger partial charge in [0.1, 0.15) is 0 Å². The van der Waals surface area contributed by atoms with E-state index < -0.39 is 6.10 Å². The fourth-order valence-electron chi connectivity index (χ4n) is 2.51. The zero-order chi connectivity index (χ0) is 14.7. The maximum absolute atomic E-state index is 10.5. The predicted octanol–water partition coefficient (Wildman–Crippen LogP) is 3.36. The van der Waals surface area contributed by atoms with Crippen molar-refractivity contribution < 1.29 is 5.11 Å². The highest BCUT2D eigenvalue weighted by Gasteiger charge is 2.14. The van der Waals surface area contributed by atoms with Gasteiger partial charge in [-0.1, -0.05) is 37.6 Å². The minimum Gasteiger partial charge on any atom is -0.386 e. The predicted molar refractivity (Wildman–Crippen MR) is 81.9 cm³/mol. The lowest BCUT2D eigenvalue weighted by Crippen LogP contribution is -2.13. The molecule has 1 heterocycles. The summed E-state index contributed by atoms with van der Waals surface area (Å²) in [6, 6.07) is 8.34. The summed E-state index contributed by atoms with van der Waals surface area (Å²) >= 11 is 0. The first-order chi connectivity index (χ1) is 9.55. The van der Waals surface area contributed by atoms with Crippen molar-refractivity contribution in [2.45, 2.75) is 53.2 Å². The monoisotopic (exact) mass is 272 g/mol. The van der Waals surface area contributed by atoms with Gasteiger partial charge in [0, 0.05) is 5.69 Å². The third kappa shape index (κ3) is 3.10. The summed E-state index contributed by atoms with van der Waals surface area (Å²) in [5, 5.41) is 15.1. The first-order valence-corrected chi connectivity index (χ1v) is 7.36. The zero-order valence-electron chi connectivity index (χ0n) is 12.8. The van der Waals surface area contributed by atoms with Gasteiger partial charge in [-0.05, 0) is 43.9 Å². The van der Waals surface area contributed by atoms with Gasteiger partial charge < -0.3 is 5.11 Å². The van der Waals surface area contributed by atoms with Gasteiger partial charge in [0.2, 0.25) is 0 Å². The Bertz CT molecular complexity index is 587. The van der Waals surface area contributed by atoms with E-state index in [-0.39, 0.29) is 0 Å². The van der Waals surface area contributed by atoms with Crippen molar-refractivity contribution in [2.75, 3.05) is 0 Å². The molecule has 0 aliphatic heterocycles. The number of aliphatic hydroxyl groups excluding tert-OH is 1. The third-order valence-corrected chi connectivity index (χ3v) is 3.78. The molecular formula is C17H24N2O. The van der Waals surface area contributed by atoms with E-state index >= 15 is 0 Å². The molecule has 108 valence electrons. The van der Waals surface area contributed by atoms with Gasteiger partial charge in [0.25, 0.3) is 0 Å². The Balaban J connectivity index is 2.24. The molecule has 2 rings (SSSR count). The number of aliphatic hydroxyl groups is 1. The van der Waals surface area contributed by atoms with E-state index in [1.54, 1.807) is 0 Å². The molecule has 0 saturated heterocycles. The fraction of sp³-hybridized carbons (Fsp3) is 0.471. The maximum atomic E-state index is 10.5. The van der Waals surface area contributed by atoms with Crippen molar-refractivity contribution in [1.82, 2.24) is 9.78 Å². The molecule has 0 radical (unpaired) electrons. The van der Waals surface area contributed by atoms with E-state index in [0.717, 1.165) is 29.7 Å². The van der Waals surface area contributed by atoms with Crippen LogP contribution in [0.1, 0.15) is 48.0 Å². The molecule has 20 heavy (non-hydrogen) atoms. The van der Waals surface area contributed by atoms with E-state index in [1.807, 2.05) is 11.6 Å². The Kier molecular flexibility index (Phi) is 4.61. The topological polar surface area (TPSA) is 38.0 Å². The summed E-state index contributed by atoms with van der Waals surface area (Å²) in [4.78, 5) is 0. The van der Waals surface area contributed by atoms with E-state index in [2.05, 4.69) is 50.1 Å². The number of rotatable bonds is 5. The number of nitrogens with zero attached hydrogens (tertiary/aromatic N) is 2. The van der Waals surface area contributed by atoms with Crippen molar-refractivity contribution in [2.24, 2.45) is 0 Å². The van der Waals surface area contributed by atoms with E-state index in [9.17, 15) is 5.11 Å². The highest BCUT2D eigenvalue weighted by atomic mass is 16.3. The molecule has 0 bridgehead atoms. The minimum atomic E-state index is -0.509. The second-order valence-electron chi connectivity index (χ2n) is 5.39. The molecule has 2 aromatic rings. The SMILES string of the molecule is CCc1cc(CC)n(CC(O)c2cc(C)ccc2C)n1. The van der Waals surface area contributed by atoms with Gasteiger partial charge in [0.15, 0.2) is 0 Å². The highest BCUT2D eigenvalue weighted by molar-refractivity contribution is 5.32. The van der Waals surface area contributed by atoms with Gasteiger partial charge in [-0.15, -0.1) is 0 Å². The van der Waals surface area contributed by atoms with Crippen LogP contribution in [0.15, 0.2) is 24.3 Å². The smallest absolute Gasteiger partial charge is 0.0988 e.